The second kappa shape index (κ2) is 8.00. The van der Waals surface area contributed by atoms with Crippen LogP contribution in [0.4, 0.5) is 5.69 Å². The van der Waals surface area contributed by atoms with Crippen molar-refractivity contribution >= 4 is 33.0 Å². The van der Waals surface area contributed by atoms with E-state index in [-0.39, 0.29) is 0 Å². The van der Waals surface area contributed by atoms with E-state index in [4.69, 9.17) is 4.99 Å². The third-order valence-electron chi connectivity index (χ3n) is 4.81. The highest BCUT2D eigenvalue weighted by Crippen LogP contribution is 2.24. The van der Waals surface area contributed by atoms with Crippen LogP contribution in [0.25, 0.3) is 11.3 Å². The Bertz CT molecular complexity index is 982. The number of halogens is 1. The number of aromatic nitrogens is 1. The number of likely N-dealkylation sites (N-methyl/N-ethyl adjacent to an activating group) is 1. The van der Waals surface area contributed by atoms with Crippen LogP contribution in [0, 0.1) is 6.92 Å². The fourth-order valence-electron chi connectivity index (χ4n) is 3.27. The molecule has 140 valence electrons. The number of aryl methyl sites for hydroxylation is 1. The van der Waals surface area contributed by atoms with Gasteiger partial charge in [0.05, 0.1) is 11.4 Å². The van der Waals surface area contributed by atoms with Gasteiger partial charge in [0, 0.05) is 41.6 Å². The number of benzene rings is 2. The molecule has 0 saturated carbocycles. The molecule has 3 aromatic rings. The van der Waals surface area contributed by atoms with Gasteiger partial charge in [-0.1, -0.05) is 40.2 Å². The van der Waals surface area contributed by atoms with Crippen molar-refractivity contribution in [3.05, 3.63) is 68.7 Å². The van der Waals surface area contributed by atoms with Gasteiger partial charge in [0.15, 0.2) is 0 Å². The fraction of sp³-hybridized carbons (Fsp3) is 0.286. The quantitative estimate of drug-likeness (QED) is 0.599. The summed E-state index contributed by atoms with van der Waals surface area (Å²) in [6.07, 6.45) is 0. The van der Waals surface area contributed by atoms with Crippen LogP contribution >= 0.6 is 27.3 Å². The minimum absolute atomic E-state index is 0.998. The topological polar surface area (TPSA) is 23.8 Å². The molecule has 0 unspecified atom stereocenters. The molecule has 0 spiro atoms. The minimum atomic E-state index is 0.998. The molecule has 0 radical (unpaired) electrons. The van der Waals surface area contributed by atoms with Crippen LogP contribution in [-0.2, 0) is 0 Å². The predicted molar refractivity (Wildman–Crippen MR) is 117 cm³/mol. The molecule has 4 rings (SSSR count). The Morgan fingerprint density at radius 2 is 1.74 bits per heavy atom. The normalized spacial score (nSPS) is 16.1. The highest BCUT2D eigenvalue weighted by Gasteiger charge is 2.19. The maximum atomic E-state index is 4.98. The average molecular weight is 443 g/mol. The van der Waals surface area contributed by atoms with Crippen molar-refractivity contribution in [1.29, 1.82) is 0 Å². The van der Waals surface area contributed by atoms with Crippen LogP contribution in [0.3, 0.4) is 0 Å². The van der Waals surface area contributed by atoms with Gasteiger partial charge >= 0.3 is 0 Å². The molecule has 0 atom stereocenters. The Hall–Kier alpha value is -1.89. The summed E-state index contributed by atoms with van der Waals surface area (Å²) in [5.41, 5.74) is 4.64. The van der Waals surface area contributed by atoms with Crippen LogP contribution < -0.4 is 9.81 Å². The summed E-state index contributed by atoms with van der Waals surface area (Å²) in [6, 6.07) is 16.9. The van der Waals surface area contributed by atoms with Crippen LogP contribution in [0.2, 0.25) is 0 Å². The maximum Gasteiger partial charge on any atom is 0.209 e. The van der Waals surface area contributed by atoms with E-state index in [2.05, 4.69) is 98.4 Å². The SMILES string of the molecule is Cc1cccc(N=c2scc(-c3ccc(Br)cc3)n2N2CCN(C)CC2)c1. The van der Waals surface area contributed by atoms with Crippen LogP contribution in [0.15, 0.2) is 63.4 Å². The molecular weight excluding hydrogens is 420 g/mol. The predicted octanol–water partition coefficient (Wildman–Crippen LogP) is 4.40. The first-order chi connectivity index (χ1) is 13.1. The second-order valence-corrected chi connectivity index (χ2v) is 8.68. The van der Waals surface area contributed by atoms with E-state index >= 15 is 0 Å². The van der Waals surface area contributed by atoms with Gasteiger partial charge in [-0.15, -0.1) is 11.3 Å². The van der Waals surface area contributed by atoms with Crippen LogP contribution in [-0.4, -0.2) is 42.8 Å². The third kappa shape index (κ3) is 4.18. The molecule has 0 amide bonds. The monoisotopic (exact) mass is 442 g/mol. The van der Waals surface area contributed by atoms with E-state index in [9.17, 15) is 0 Å². The smallest absolute Gasteiger partial charge is 0.209 e. The van der Waals surface area contributed by atoms with E-state index in [0.29, 0.717) is 0 Å². The first kappa shape index (κ1) is 18.5. The average Bonchev–Trinajstić information content (AvgIpc) is 3.06. The molecule has 0 bridgehead atoms. The fourth-order valence-corrected chi connectivity index (χ4v) is 4.46. The molecule has 1 aliphatic heterocycles. The molecule has 1 saturated heterocycles. The number of hydrogen-bond acceptors (Lipinski definition) is 4. The lowest BCUT2D eigenvalue weighted by atomic mass is 10.2. The third-order valence-corrected chi connectivity index (χ3v) is 6.16. The van der Waals surface area contributed by atoms with Crippen LogP contribution in [0.1, 0.15) is 5.56 Å². The molecule has 6 heteroatoms. The van der Waals surface area contributed by atoms with E-state index < -0.39 is 0 Å². The lowest BCUT2D eigenvalue weighted by Crippen LogP contribution is -2.52. The summed E-state index contributed by atoms with van der Waals surface area (Å²) >= 11 is 5.24. The van der Waals surface area contributed by atoms with Gasteiger partial charge in [-0.3, -0.25) is 0 Å². The zero-order chi connectivity index (χ0) is 18.8. The Morgan fingerprint density at radius 1 is 1.00 bits per heavy atom. The van der Waals surface area contributed by atoms with E-state index in [0.717, 1.165) is 41.1 Å². The van der Waals surface area contributed by atoms with E-state index in [1.54, 1.807) is 11.3 Å². The minimum Gasteiger partial charge on any atom is -0.308 e. The first-order valence-corrected chi connectivity index (χ1v) is 10.8. The summed E-state index contributed by atoms with van der Waals surface area (Å²) in [5.74, 6) is 0. The first-order valence-electron chi connectivity index (χ1n) is 9.12. The van der Waals surface area contributed by atoms with Crippen molar-refractivity contribution in [1.82, 2.24) is 9.58 Å². The summed E-state index contributed by atoms with van der Waals surface area (Å²) < 4.78 is 3.40. The zero-order valence-electron chi connectivity index (χ0n) is 15.6. The van der Waals surface area contributed by atoms with Gasteiger partial charge in [-0.05, 0) is 43.8 Å². The van der Waals surface area contributed by atoms with Gasteiger partial charge in [0.2, 0.25) is 4.80 Å². The Balaban J connectivity index is 1.83. The largest absolute Gasteiger partial charge is 0.308 e. The van der Waals surface area contributed by atoms with Gasteiger partial charge in [-0.2, -0.15) is 0 Å². The Labute approximate surface area is 172 Å². The van der Waals surface area contributed by atoms with Gasteiger partial charge in [0.25, 0.3) is 0 Å². The molecular formula is C21H23BrN4S. The lowest BCUT2D eigenvalue weighted by Gasteiger charge is -2.35. The van der Waals surface area contributed by atoms with E-state index in [1.165, 1.54) is 16.8 Å². The number of thiazole rings is 1. The highest BCUT2D eigenvalue weighted by atomic mass is 79.9. The summed E-state index contributed by atoms with van der Waals surface area (Å²) in [4.78, 5) is 8.37. The molecule has 27 heavy (non-hydrogen) atoms. The zero-order valence-corrected chi connectivity index (χ0v) is 18.0. The second-order valence-electron chi connectivity index (χ2n) is 6.93. The van der Waals surface area contributed by atoms with Crippen LogP contribution in [0.5, 0.6) is 0 Å². The van der Waals surface area contributed by atoms with Crippen molar-refractivity contribution in [2.24, 2.45) is 4.99 Å². The standard InChI is InChI=1S/C21H23BrN4S/c1-16-4-3-5-19(14-16)23-21-26(25-12-10-24(2)11-13-25)20(15-27-21)17-6-8-18(22)9-7-17/h3-9,14-15H,10-13H2,1-2H3. The van der Waals surface area contributed by atoms with Crippen molar-refractivity contribution in [2.45, 2.75) is 6.92 Å². The Morgan fingerprint density at radius 3 is 2.44 bits per heavy atom. The highest BCUT2D eigenvalue weighted by molar-refractivity contribution is 9.10. The molecule has 1 fully saturated rings. The summed E-state index contributed by atoms with van der Waals surface area (Å²) in [7, 11) is 2.18. The van der Waals surface area contributed by atoms with Gasteiger partial charge in [-0.25, -0.2) is 9.67 Å². The molecule has 4 nitrogen and oxygen atoms in total. The van der Waals surface area contributed by atoms with Crippen molar-refractivity contribution in [3.8, 4) is 11.3 Å². The van der Waals surface area contributed by atoms with Gasteiger partial charge < -0.3 is 9.91 Å². The summed E-state index contributed by atoms with van der Waals surface area (Å²) in [6.45, 7) is 6.23. The number of piperazine rings is 1. The molecule has 1 aliphatic rings. The molecule has 2 aromatic carbocycles. The van der Waals surface area contributed by atoms with Crippen molar-refractivity contribution < 1.29 is 0 Å². The van der Waals surface area contributed by atoms with E-state index in [1.807, 2.05) is 0 Å². The Kier molecular flexibility index (Phi) is 5.48. The molecule has 0 aliphatic carbocycles. The van der Waals surface area contributed by atoms with Crippen molar-refractivity contribution in [3.63, 3.8) is 0 Å². The lowest BCUT2D eigenvalue weighted by molar-refractivity contribution is 0.287. The van der Waals surface area contributed by atoms with Crippen molar-refractivity contribution in [2.75, 3.05) is 38.2 Å². The molecule has 0 N–H and O–H groups in total. The number of hydrogen-bond donors (Lipinski definition) is 0. The number of rotatable bonds is 3. The van der Waals surface area contributed by atoms with Gasteiger partial charge in [0.1, 0.15) is 0 Å². The maximum absolute atomic E-state index is 4.98. The summed E-state index contributed by atoms with van der Waals surface area (Å²) in [5, 5.41) is 4.64. The number of nitrogens with zero attached hydrogens (tertiary/aromatic N) is 4. The molecule has 2 heterocycles. The molecule has 1 aromatic heterocycles.